The molecule has 1 aliphatic rings. The molecule has 1 fully saturated rings. The number of carboxylic acids is 1. The molecule has 0 spiro atoms. The number of rotatable bonds is 7. The van der Waals surface area contributed by atoms with Crippen molar-refractivity contribution in [1.82, 2.24) is 5.32 Å². The number of carbonyl (C=O) groups excluding carboxylic acids is 1. The van der Waals surface area contributed by atoms with Crippen molar-refractivity contribution >= 4 is 11.9 Å². The molecular formula is C13H23NO5. The van der Waals surface area contributed by atoms with E-state index < -0.39 is 17.5 Å². The van der Waals surface area contributed by atoms with Crippen LogP contribution >= 0.6 is 0 Å². The van der Waals surface area contributed by atoms with Gasteiger partial charge in [0.25, 0.3) is 0 Å². The minimum atomic E-state index is -1.00. The van der Waals surface area contributed by atoms with Crippen LogP contribution in [-0.2, 0) is 14.3 Å². The molecule has 1 amide bonds. The quantitative estimate of drug-likeness (QED) is 0.623. The van der Waals surface area contributed by atoms with Crippen molar-refractivity contribution in [1.29, 1.82) is 0 Å². The molecule has 0 aromatic heterocycles. The molecule has 6 heteroatoms. The number of methoxy groups -OCH3 is 1. The normalized spacial score (nSPS) is 25.8. The first-order valence-corrected chi connectivity index (χ1v) is 6.57. The van der Waals surface area contributed by atoms with E-state index in [1.807, 2.05) is 0 Å². The summed E-state index contributed by atoms with van der Waals surface area (Å²) in [5, 5.41) is 21.6. The Morgan fingerprint density at radius 2 is 2.00 bits per heavy atom. The van der Waals surface area contributed by atoms with Crippen LogP contribution in [0.3, 0.4) is 0 Å². The molecule has 1 rings (SSSR count). The number of carbonyl (C=O) groups is 2. The van der Waals surface area contributed by atoms with Crippen LogP contribution in [0.1, 0.15) is 32.6 Å². The maximum atomic E-state index is 11.9. The summed E-state index contributed by atoms with van der Waals surface area (Å²) in [5.74, 6) is -1.66. The fourth-order valence-electron chi connectivity index (χ4n) is 2.28. The molecule has 3 atom stereocenters. The van der Waals surface area contributed by atoms with Gasteiger partial charge in [0.15, 0.2) is 0 Å². The highest BCUT2D eigenvalue weighted by Crippen LogP contribution is 2.31. The number of hydrogen-bond donors (Lipinski definition) is 3. The van der Waals surface area contributed by atoms with E-state index in [-0.39, 0.29) is 18.4 Å². The second kappa shape index (κ2) is 6.86. The molecule has 0 heterocycles. The standard InChI is InChI=1S/C13H23NO5/c1-13(18,5-6-19-2)8-14-11(15)9-3-4-10(7-9)12(16)17/h9-10,18H,3-8H2,1-2H3,(H,14,15)(H,16,17). The van der Waals surface area contributed by atoms with E-state index >= 15 is 0 Å². The SMILES string of the molecule is COCCC(C)(O)CNC(=O)C1CCC(C(=O)O)C1. The van der Waals surface area contributed by atoms with Crippen molar-refractivity contribution < 1.29 is 24.5 Å². The van der Waals surface area contributed by atoms with E-state index in [1.54, 1.807) is 14.0 Å². The number of ether oxygens (including phenoxy) is 1. The van der Waals surface area contributed by atoms with Crippen molar-refractivity contribution in [3.8, 4) is 0 Å². The lowest BCUT2D eigenvalue weighted by atomic mass is 10.0. The lowest BCUT2D eigenvalue weighted by Gasteiger charge is -2.24. The number of nitrogens with one attached hydrogen (secondary N) is 1. The monoisotopic (exact) mass is 273 g/mol. The number of carboxylic acid groups (broad SMARTS) is 1. The number of amides is 1. The number of aliphatic carboxylic acids is 1. The third-order valence-electron chi connectivity index (χ3n) is 3.64. The van der Waals surface area contributed by atoms with Gasteiger partial charge in [-0.15, -0.1) is 0 Å². The molecule has 0 saturated heterocycles. The Kier molecular flexibility index (Phi) is 5.75. The summed E-state index contributed by atoms with van der Waals surface area (Å²) in [7, 11) is 1.55. The molecule has 0 aromatic rings. The third-order valence-corrected chi connectivity index (χ3v) is 3.64. The van der Waals surface area contributed by atoms with Gasteiger partial charge < -0.3 is 20.3 Å². The molecule has 110 valence electrons. The van der Waals surface area contributed by atoms with Crippen LogP contribution < -0.4 is 5.32 Å². The molecule has 0 radical (unpaired) electrons. The second-order valence-corrected chi connectivity index (χ2v) is 5.50. The zero-order valence-corrected chi connectivity index (χ0v) is 11.5. The van der Waals surface area contributed by atoms with E-state index in [1.165, 1.54) is 0 Å². The minimum absolute atomic E-state index is 0.156. The predicted octanol–water partition coefficient (Wildman–Crippen LogP) is 0.391. The molecule has 0 bridgehead atoms. The lowest BCUT2D eigenvalue weighted by molar-refractivity contribution is -0.141. The van der Waals surface area contributed by atoms with Gasteiger partial charge in [-0.1, -0.05) is 0 Å². The fourth-order valence-corrected chi connectivity index (χ4v) is 2.28. The first-order valence-electron chi connectivity index (χ1n) is 6.57. The van der Waals surface area contributed by atoms with Gasteiger partial charge in [0.1, 0.15) is 0 Å². The van der Waals surface area contributed by atoms with Crippen LogP contribution in [-0.4, -0.2) is 48.0 Å². The number of hydrogen-bond acceptors (Lipinski definition) is 4. The smallest absolute Gasteiger partial charge is 0.306 e. The van der Waals surface area contributed by atoms with Gasteiger partial charge in [-0.3, -0.25) is 9.59 Å². The zero-order chi connectivity index (χ0) is 14.5. The van der Waals surface area contributed by atoms with Crippen LogP contribution in [0.2, 0.25) is 0 Å². The molecule has 6 nitrogen and oxygen atoms in total. The van der Waals surface area contributed by atoms with Crippen LogP contribution in [0.15, 0.2) is 0 Å². The predicted molar refractivity (Wildman–Crippen MR) is 68.6 cm³/mol. The Labute approximate surface area is 113 Å². The van der Waals surface area contributed by atoms with Crippen molar-refractivity contribution in [2.45, 2.75) is 38.2 Å². The summed E-state index contributed by atoms with van der Waals surface area (Å²) in [4.78, 5) is 22.7. The molecule has 1 saturated carbocycles. The molecule has 3 unspecified atom stereocenters. The van der Waals surface area contributed by atoms with Gasteiger partial charge in [-0.2, -0.15) is 0 Å². The Morgan fingerprint density at radius 3 is 2.53 bits per heavy atom. The van der Waals surface area contributed by atoms with Gasteiger partial charge in [-0.25, -0.2) is 0 Å². The molecule has 19 heavy (non-hydrogen) atoms. The fraction of sp³-hybridized carbons (Fsp3) is 0.846. The Bertz CT molecular complexity index is 329. The molecule has 1 aliphatic carbocycles. The van der Waals surface area contributed by atoms with Crippen LogP contribution in [0.5, 0.6) is 0 Å². The van der Waals surface area contributed by atoms with E-state index in [2.05, 4.69) is 5.32 Å². The van der Waals surface area contributed by atoms with Crippen LogP contribution in [0.4, 0.5) is 0 Å². The van der Waals surface area contributed by atoms with Gasteiger partial charge in [0.05, 0.1) is 11.5 Å². The topological polar surface area (TPSA) is 95.9 Å². The van der Waals surface area contributed by atoms with E-state index in [0.29, 0.717) is 32.3 Å². The maximum Gasteiger partial charge on any atom is 0.306 e. The van der Waals surface area contributed by atoms with Crippen molar-refractivity contribution in [2.75, 3.05) is 20.3 Å². The Morgan fingerprint density at radius 1 is 1.37 bits per heavy atom. The maximum absolute atomic E-state index is 11.9. The average molecular weight is 273 g/mol. The van der Waals surface area contributed by atoms with Crippen molar-refractivity contribution in [3.63, 3.8) is 0 Å². The van der Waals surface area contributed by atoms with Gasteiger partial charge in [0.2, 0.25) is 5.91 Å². The highest BCUT2D eigenvalue weighted by molar-refractivity contribution is 5.80. The van der Waals surface area contributed by atoms with Crippen molar-refractivity contribution in [3.05, 3.63) is 0 Å². The van der Waals surface area contributed by atoms with Crippen LogP contribution in [0.25, 0.3) is 0 Å². The van der Waals surface area contributed by atoms with Crippen molar-refractivity contribution in [2.24, 2.45) is 11.8 Å². The summed E-state index contributed by atoms with van der Waals surface area (Å²) >= 11 is 0. The summed E-state index contributed by atoms with van der Waals surface area (Å²) in [6, 6.07) is 0. The molecule has 0 aromatic carbocycles. The summed E-state index contributed by atoms with van der Waals surface area (Å²) < 4.78 is 4.89. The summed E-state index contributed by atoms with van der Waals surface area (Å²) in [5.41, 5.74) is -1.00. The average Bonchev–Trinajstić information content (AvgIpc) is 2.83. The van der Waals surface area contributed by atoms with E-state index in [4.69, 9.17) is 9.84 Å². The zero-order valence-electron chi connectivity index (χ0n) is 11.5. The highest BCUT2D eigenvalue weighted by atomic mass is 16.5. The van der Waals surface area contributed by atoms with E-state index in [0.717, 1.165) is 0 Å². The van der Waals surface area contributed by atoms with Gasteiger partial charge in [-0.05, 0) is 26.2 Å². The molecule has 0 aliphatic heterocycles. The third kappa shape index (κ3) is 5.16. The molecular weight excluding hydrogens is 250 g/mol. The number of aliphatic hydroxyl groups is 1. The van der Waals surface area contributed by atoms with E-state index in [9.17, 15) is 14.7 Å². The first kappa shape index (κ1) is 15.9. The summed E-state index contributed by atoms with van der Waals surface area (Å²) in [6.07, 6.45) is 1.98. The lowest BCUT2D eigenvalue weighted by Crippen LogP contribution is -2.43. The first-order chi connectivity index (χ1) is 8.85. The minimum Gasteiger partial charge on any atom is -0.481 e. The van der Waals surface area contributed by atoms with Crippen LogP contribution in [0, 0.1) is 11.8 Å². The Balaban J connectivity index is 2.34. The van der Waals surface area contributed by atoms with Gasteiger partial charge in [0, 0.05) is 32.6 Å². The highest BCUT2D eigenvalue weighted by Gasteiger charge is 2.34. The Hall–Kier alpha value is -1.14. The largest absolute Gasteiger partial charge is 0.481 e. The summed E-state index contributed by atoms with van der Waals surface area (Å²) in [6.45, 7) is 2.22. The second-order valence-electron chi connectivity index (χ2n) is 5.50. The van der Waals surface area contributed by atoms with Gasteiger partial charge >= 0.3 is 5.97 Å². The molecule has 3 N–H and O–H groups in total.